The molecule has 3 aromatic rings. The molecular formula is C23H21N3O3. The van der Waals surface area contributed by atoms with Crippen LogP contribution in [0.4, 0.5) is 0 Å². The SMILES string of the molecule is NC(=O)c1cccc(-c2ccc([C@@H]3CN(C(=O)c4ccccc4)CCO3)nc2)c1. The maximum absolute atomic E-state index is 12.7. The van der Waals surface area contributed by atoms with Gasteiger partial charge in [-0.2, -0.15) is 0 Å². The van der Waals surface area contributed by atoms with Gasteiger partial charge in [-0.15, -0.1) is 0 Å². The molecule has 1 aliphatic rings. The van der Waals surface area contributed by atoms with Crippen LogP contribution in [0.1, 0.15) is 32.5 Å². The molecule has 146 valence electrons. The molecule has 2 heterocycles. The van der Waals surface area contributed by atoms with Crippen molar-refractivity contribution in [1.29, 1.82) is 0 Å². The van der Waals surface area contributed by atoms with Gasteiger partial charge in [0, 0.05) is 29.4 Å². The van der Waals surface area contributed by atoms with Crippen molar-refractivity contribution in [2.75, 3.05) is 19.7 Å². The second-order valence-corrected chi connectivity index (χ2v) is 6.89. The second kappa shape index (κ2) is 8.24. The lowest BCUT2D eigenvalue weighted by Crippen LogP contribution is -2.42. The zero-order valence-electron chi connectivity index (χ0n) is 15.8. The molecule has 0 unspecified atom stereocenters. The van der Waals surface area contributed by atoms with Gasteiger partial charge in [-0.25, -0.2) is 0 Å². The summed E-state index contributed by atoms with van der Waals surface area (Å²) in [6, 6.07) is 20.2. The lowest BCUT2D eigenvalue weighted by Gasteiger charge is -2.32. The van der Waals surface area contributed by atoms with Crippen LogP contribution in [0.2, 0.25) is 0 Å². The largest absolute Gasteiger partial charge is 0.368 e. The van der Waals surface area contributed by atoms with Crippen molar-refractivity contribution in [2.24, 2.45) is 5.73 Å². The van der Waals surface area contributed by atoms with Gasteiger partial charge in [0.15, 0.2) is 0 Å². The molecule has 0 saturated carbocycles. The summed E-state index contributed by atoms with van der Waals surface area (Å²) < 4.78 is 5.86. The van der Waals surface area contributed by atoms with Gasteiger partial charge in [-0.05, 0) is 35.9 Å². The summed E-state index contributed by atoms with van der Waals surface area (Å²) in [6.07, 6.45) is 1.47. The molecule has 6 nitrogen and oxygen atoms in total. The van der Waals surface area contributed by atoms with E-state index >= 15 is 0 Å². The average molecular weight is 387 g/mol. The summed E-state index contributed by atoms with van der Waals surface area (Å²) in [5.74, 6) is -0.464. The van der Waals surface area contributed by atoms with Crippen molar-refractivity contribution in [3.05, 3.63) is 89.7 Å². The van der Waals surface area contributed by atoms with Crippen molar-refractivity contribution in [3.63, 3.8) is 0 Å². The minimum Gasteiger partial charge on any atom is -0.368 e. The monoisotopic (exact) mass is 387 g/mol. The second-order valence-electron chi connectivity index (χ2n) is 6.89. The fourth-order valence-electron chi connectivity index (χ4n) is 3.39. The Morgan fingerprint density at radius 2 is 1.76 bits per heavy atom. The number of benzene rings is 2. The van der Waals surface area contributed by atoms with Gasteiger partial charge in [0.25, 0.3) is 5.91 Å². The fourth-order valence-corrected chi connectivity index (χ4v) is 3.39. The average Bonchev–Trinajstić information content (AvgIpc) is 2.79. The highest BCUT2D eigenvalue weighted by atomic mass is 16.5. The summed E-state index contributed by atoms with van der Waals surface area (Å²) >= 11 is 0. The number of nitrogens with zero attached hydrogens (tertiary/aromatic N) is 2. The lowest BCUT2D eigenvalue weighted by atomic mass is 10.0. The fraction of sp³-hybridized carbons (Fsp3) is 0.174. The number of carbonyl (C=O) groups is 2. The number of nitrogens with two attached hydrogens (primary N) is 1. The number of pyridine rings is 1. The highest BCUT2D eigenvalue weighted by molar-refractivity contribution is 5.94. The maximum atomic E-state index is 12.7. The van der Waals surface area contributed by atoms with E-state index in [-0.39, 0.29) is 12.0 Å². The molecule has 0 spiro atoms. The number of rotatable bonds is 4. The van der Waals surface area contributed by atoms with Crippen LogP contribution in [-0.2, 0) is 4.74 Å². The smallest absolute Gasteiger partial charge is 0.254 e. The first-order valence-corrected chi connectivity index (χ1v) is 9.44. The third-order valence-electron chi connectivity index (χ3n) is 4.97. The van der Waals surface area contributed by atoms with Crippen molar-refractivity contribution in [1.82, 2.24) is 9.88 Å². The molecule has 2 amide bonds. The van der Waals surface area contributed by atoms with Gasteiger partial charge in [-0.3, -0.25) is 14.6 Å². The predicted molar refractivity (Wildman–Crippen MR) is 109 cm³/mol. The standard InChI is InChI=1S/C23H21N3O3/c24-22(27)18-8-4-7-17(13-18)19-9-10-20(25-14-19)21-15-26(11-12-29-21)23(28)16-5-2-1-3-6-16/h1-10,13-14,21H,11-12,15H2,(H2,24,27)/t21-/m0/s1. The predicted octanol–water partition coefficient (Wildman–Crippen LogP) is 3.06. The summed E-state index contributed by atoms with van der Waals surface area (Å²) in [7, 11) is 0. The van der Waals surface area contributed by atoms with Crippen LogP contribution < -0.4 is 5.73 Å². The van der Waals surface area contributed by atoms with E-state index in [0.29, 0.717) is 30.8 Å². The summed E-state index contributed by atoms with van der Waals surface area (Å²) in [5.41, 5.74) is 9.00. The van der Waals surface area contributed by atoms with E-state index in [1.54, 1.807) is 29.3 Å². The van der Waals surface area contributed by atoms with Gasteiger partial charge in [0.05, 0.1) is 18.8 Å². The van der Waals surface area contributed by atoms with E-state index in [2.05, 4.69) is 4.98 Å². The Kier molecular flexibility index (Phi) is 5.35. The number of hydrogen-bond acceptors (Lipinski definition) is 4. The van der Waals surface area contributed by atoms with Gasteiger partial charge in [-0.1, -0.05) is 36.4 Å². The van der Waals surface area contributed by atoms with Crippen molar-refractivity contribution in [2.45, 2.75) is 6.10 Å². The maximum Gasteiger partial charge on any atom is 0.254 e. The number of ether oxygens (including phenoxy) is 1. The number of carbonyl (C=O) groups excluding carboxylic acids is 2. The first-order chi connectivity index (χ1) is 14.1. The minimum atomic E-state index is -0.463. The van der Waals surface area contributed by atoms with Crippen LogP contribution in [0, 0.1) is 0 Å². The van der Waals surface area contributed by atoms with Crippen LogP contribution >= 0.6 is 0 Å². The Morgan fingerprint density at radius 3 is 2.48 bits per heavy atom. The molecule has 6 heteroatoms. The molecule has 2 aromatic carbocycles. The zero-order valence-corrected chi connectivity index (χ0v) is 15.8. The number of aromatic nitrogens is 1. The van der Waals surface area contributed by atoms with Gasteiger partial charge >= 0.3 is 0 Å². The number of morpholine rings is 1. The first-order valence-electron chi connectivity index (χ1n) is 9.44. The van der Waals surface area contributed by atoms with E-state index in [1.807, 2.05) is 48.5 Å². The molecule has 1 saturated heterocycles. The van der Waals surface area contributed by atoms with E-state index in [9.17, 15) is 9.59 Å². The van der Waals surface area contributed by atoms with E-state index in [4.69, 9.17) is 10.5 Å². The molecule has 0 radical (unpaired) electrons. The minimum absolute atomic E-state index is 0.00112. The van der Waals surface area contributed by atoms with Gasteiger partial charge in [0.1, 0.15) is 6.10 Å². The van der Waals surface area contributed by atoms with Crippen molar-refractivity contribution < 1.29 is 14.3 Å². The van der Waals surface area contributed by atoms with Crippen LogP contribution in [0.25, 0.3) is 11.1 Å². The highest BCUT2D eigenvalue weighted by Crippen LogP contribution is 2.25. The Morgan fingerprint density at radius 1 is 0.966 bits per heavy atom. The lowest BCUT2D eigenvalue weighted by molar-refractivity contribution is -0.0247. The third kappa shape index (κ3) is 4.17. The molecule has 1 fully saturated rings. The topological polar surface area (TPSA) is 85.5 Å². The van der Waals surface area contributed by atoms with Crippen LogP contribution in [0.15, 0.2) is 72.9 Å². The normalized spacial score (nSPS) is 16.4. The van der Waals surface area contributed by atoms with E-state index in [1.165, 1.54) is 0 Å². The molecule has 1 aliphatic heterocycles. The molecule has 29 heavy (non-hydrogen) atoms. The van der Waals surface area contributed by atoms with Crippen LogP contribution in [0.5, 0.6) is 0 Å². The quantitative estimate of drug-likeness (QED) is 0.746. The van der Waals surface area contributed by atoms with Crippen LogP contribution in [0.3, 0.4) is 0 Å². The number of primary amides is 1. The summed E-state index contributed by atoms with van der Waals surface area (Å²) in [6.45, 7) is 1.48. The van der Waals surface area contributed by atoms with Crippen molar-refractivity contribution >= 4 is 11.8 Å². The zero-order chi connectivity index (χ0) is 20.2. The Balaban J connectivity index is 1.49. The Hall–Kier alpha value is -3.51. The van der Waals surface area contributed by atoms with E-state index in [0.717, 1.165) is 16.8 Å². The molecule has 2 N–H and O–H groups in total. The highest BCUT2D eigenvalue weighted by Gasteiger charge is 2.26. The molecule has 1 aromatic heterocycles. The summed E-state index contributed by atoms with van der Waals surface area (Å²) in [4.78, 5) is 30.4. The third-order valence-corrected chi connectivity index (χ3v) is 4.97. The van der Waals surface area contributed by atoms with Gasteiger partial charge in [0.2, 0.25) is 5.91 Å². The Bertz CT molecular complexity index is 1020. The van der Waals surface area contributed by atoms with Crippen molar-refractivity contribution in [3.8, 4) is 11.1 Å². The van der Waals surface area contributed by atoms with E-state index < -0.39 is 5.91 Å². The number of amides is 2. The van der Waals surface area contributed by atoms with Crippen LogP contribution in [-0.4, -0.2) is 41.4 Å². The molecular weight excluding hydrogens is 366 g/mol. The number of hydrogen-bond donors (Lipinski definition) is 1. The van der Waals surface area contributed by atoms with Gasteiger partial charge < -0.3 is 15.4 Å². The Labute approximate surface area is 168 Å². The first kappa shape index (κ1) is 18.8. The molecule has 4 rings (SSSR count). The summed E-state index contributed by atoms with van der Waals surface area (Å²) in [5, 5.41) is 0. The molecule has 1 atom stereocenters. The molecule has 0 aliphatic carbocycles. The molecule has 0 bridgehead atoms.